The highest BCUT2D eigenvalue weighted by atomic mass is 32.2. The molecule has 0 aromatic carbocycles. The molecule has 11 heteroatoms. The van der Waals surface area contributed by atoms with E-state index in [2.05, 4.69) is 4.18 Å². The quantitative estimate of drug-likeness (QED) is 0.425. The molecule has 14 heavy (non-hydrogen) atoms. The Balaban J connectivity index is 4.72. The standard InChI is InChI=1S/C3HF7O3S/c4-1(2(5,6)7)13-14(11,12)3(8,9)10/h1H. The predicted octanol–water partition coefficient (Wildman–Crippen LogP) is 1.71. The average molecular weight is 250 g/mol. The van der Waals surface area contributed by atoms with Crippen LogP contribution in [0.2, 0.25) is 0 Å². The molecule has 0 heterocycles. The van der Waals surface area contributed by atoms with Crippen molar-refractivity contribution in [1.82, 2.24) is 0 Å². The molecule has 3 nitrogen and oxygen atoms in total. The first kappa shape index (κ1) is 13.4. The Labute approximate surface area is 72.6 Å². The molecule has 0 saturated carbocycles. The number of rotatable bonds is 2. The van der Waals surface area contributed by atoms with Gasteiger partial charge in [0.1, 0.15) is 0 Å². The van der Waals surface area contributed by atoms with Gasteiger partial charge in [-0.2, -0.15) is 34.8 Å². The van der Waals surface area contributed by atoms with Crippen LogP contribution in [0.5, 0.6) is 0 Å². The van der Waals surface area contributed by atoms with E-state index in [1.807, 2.05) is 0 Å². The molecule has 0 aromatic rings. The monoisotopic (exact) mass is 250 g/mol. The summed E-state index contributed by atoms with van der Waals surface area (Å²) in [6.45, 7) is 0. The van der Waals surface area contributed by atoms with Crippen LogP contribution in [0.4, 0.5) is 30.7 Å². The molecule has 0 aliphatic rings. The number of hydrogen-bond donors (Lipinski definition) is 0. The molecule has 1 unspecified atom stereocenters. The van der Waals surface area contributed by atoms with Crippen LogP contribution in [0, 0.1) is 0 Å². The maximum absolute atomic E-state index is 11.7. The molecule has 0 N–H and O–H groups in total. The minimum absolute atomic E-state index is 2.22. The minimum atomic E-state index is -6.58. The van der Waals surface area contributed by atoms with Gasteiger partial charge in [0.15, 0.2) is 0 Å². The molecule has 0 radical (unpaired) electrons. The van der Waals surface area contributed by atoms with E-state index in [0.717, 1.165) is 0 Å². The molecule has 0 aromatic heterocycles. The zero-order valence-electron chi connectivity index (χ0n) is 5.86. The normalized spacial score (nSPS) is 16.8. The lowest BCUT2D eigenvalue weighted by molar-refractivity contribution is -0.238. The summed E-state index contributed by atoms with van der Waals surface area (Å²) in [7, 11) is -6.58. The van der Waals surface area contributed by atoms with Gasteiger partial charge in [-0.05, 0) is 0 Å². The van der Waals surface area contributed by atoms with Crippen molar-refractivity contribution < 1.29 is 43.3 Å². The van der Waals surface area contributed by atoms with Gasteiger partial charge in [-0.3, -0.25) is 0 Å². The Morgan fingerprint density at radius 3 is 1.57 bits per heavy atom. The van der Waals surface area contributed by atoms with Crippen LogP contribution in [-0.2, 0) is 14.3 Å². The van der Waals surface area contributed by atoms with Gasteiger partial charge in [-0.25, -0.2) is 8.57 Å². The first-order valence-corrected chi connectivity index (χ1v) is 3.99. The van der Waals surface area contributed by atoms with Crippen LogP contribution in [0.25, 0.3) is 0 Å². The third-order valence-corrected chi connectivity index (χ3v) is 1.74. The van der Waals surface area contributed by atoms with Gasteiger partial charge in [0.2, 0.25) is 0 Å². The van der Waals surface area contributed by atoms with Gasteiger partial charge in [0.05, 0.1) is 0 Å². The summed E-state index contributed by atoms with van der Waals surface area (Å²) in [5, 5.41) is 0. The van der Waals surface area contributed by atoms with E-state index in [1.165, 1.54) is 0 Å². The molecule has 86 valence electrons. The van der Waals surface area contributed by atoms with Crippen molar-refractivity contribution in [3.63, 3.8) is 0 Å². The van der Waals surface area contributed by atoms with E-state index >= 15 is 0 Å². The Kier molecular flexibility index (Phi) is 3.38. The lowest BCUT2D eigenvalue weighted by atomic mass is 10.7. The molecular weight excluding hydrogens is 249 g/mol. The fourth-order valence-electron chi connectivity index (χ4n) is 0.220. The van der Waals surface area contributed by atoms with E-state index in [9.17, 15) is 39.2 Å². The van der Waals surface area contributed by atoms with Gasteiger partial charge in [-0.1, -0.05) is 0 Å². The summed E-state index contributed by atoms with van der Waals surface area (Å²) in [5.41, 5.74) is -6.09. The van der Waals surface area contributed by atoms with Crippen LogP contribution >= 0.6 is 0 Å². The maximum atomic E-state index is 11.7. The van der Waals surface area contributed by atoms with Crippen molar-refractivity contribution >= 4 is 10.1 Å². The summed E-state index contributed by atoms with van der Waals surface area (Å²) in [6, 6.07) is 0. The Hall–Kier alpha value is -0.580. The highest BCUT2D eigenvalue weighted by Crippen LogP contribution is 2.31. The van der Waals surface area contributed by atoms with E-state index < -0.39 is 28.2 Å². The summed E-state index contributed by atoms with van der Waals surface area (Å²) in [4.78, 5) is 0. The molecule has 0 spiro atoms. The third-order valence-electron chi connectivity index (χ3n) is 0.752. The highest BCUT2D eigenvalue weighted by molar-refractivity contribution is 7.87. The highest BCUT2D eigenvalue weighted by Gasteiger charge is 2.53. The van der Waals surface area contributed by atoms with Gasteiger partial charge in [0.25, 0.3) is 0 Å². The second-order valence-electron chi connectivity index (χ2n) is 1.85. The first-order chi connectivity index (χ1) is 5.88. The largest absolute Gasteiger partial charge is 0.523 e. The fraction of sp³-hybridized carbons (Fsp3) is 1.00. The first-order valence-electron chi connectivity index (χ1n) is 2.58. The van der Waals surface area contributed by atoms with E-state index in [-0.39, 0.29) is 0 Å². The topological polar surface area (TPSA) is 43.4 Å². The Morgan fingerprint density at radius 2 is 1.36 bits per heavy atom. The molecular formula is C3HF7O3S. The molecule has 1 atom stereocenters. The third kappa shape index (κ3) is 3.29. The van der Waals surface area contributed by atoms with Crippen LogP contribution in [-0.4, -0.2) is 26.5 Å². The minimum Gasteiger partial charge on any atom is -0.216 e. The van der Waals surface area contributed by atoms with E-state index in [1.54, 1.807) is 0 Å². The van der Waals surface area contributed by atoms with E-state index in [4.69, 9.17) is 0 Å². The van der Waals surface area contributed by atoms with Crippen LogP contribution in [0.3, 0.4) is 0 Å². The summed E-state index contributed by atoms with van der Waals surface area (Å²) < 4.78 is 101. The molecule has 0 bridgehead atoms. The fourth-order valence-corrected chi connectivity index (χ4v) is 0.661. The molecule has 0 fully saturated rings. The number of alkyl halides is 7. The molecule has 0 aliphatic carbocycles. The second-order valence-corrected chi connectivity index (χ2v) is 3.42. The average Bonchev–Trinajstić information content (AvgIpc) is 1.80. The Bertz CT molecular complexity index is 286. The molecule has 0 amide bonds. The SMILES string of the molecule is O=S(=O)(OC(F)C(F)(F)F)C(F)(F)F. The van der Waals surface area contributed by atoms with Crippen LogP contribution < -0.4 is 0 Å². The lowest BCUT2D eigenvalue weighted by Crippen LogP contribution is -2.35. The lowest BCUT2D eigenvalue weighted by Gasteiger charge is -2.13. The van der Waals surface area contributed by atoms with Crippen molar-refractivity contribution in [3.05, 3.63) is 0 Å². The summed E-state index contributed by atoms with van der Waals surface area (Å²) in [5.74, 6) is 0. The van der Waals surface area contributed by atoms with Crippen LogP contribution in [0.1, 0.15) is 0 Å². The second kappa shape index (κ2) is 3.53. The maximum Gasteiger partial charge on any atom is 0.523 e. The van der Waals surface area contributed by atoms with Gasteiger partial charge >= 0.3 is 28.2 Å². The van der Waals surface area contributed by atoms with Crippen molar-refractivity contribution in [3.8, 4) is 0 Å². The van der Waals surface area contributed by atoms with Gasteiger partial charge < -0.3 is 0 Å². The van der Waals surface area contributed by atoms with Crippen molar-refractivity contribution in [1.29, 1.82) is 0 Å². The van der Waals surface area contributed by atoms with Gasteiger partial charge in [-0.15, -0.1) is 0 Å². The number of halogens is 7. The van der Waals surface area contributed by atoms with Crippen molar-refractivity contribution in [2.24, 2.45) is 0 Å². The molecule has 0 rings (SSSR count). The summed E-state index contributed by atoms with van der Waals surface area (Å²) >= 11 is 0. The molecule has 0 aliphatic heterocycles. The van der Waals surface area contributed by atoms with Crippen molar-refractivity contribution in [2.45, 2.75) is 18.0 Å². The smallest absolute Gasteiger partial charge is 0.216 e. The summed E-state index contributed by atoms with van der Waals surface area (Å²) in [6.07, 6.45) is -10.4. The zero-order chi connectivity index (χ0) is 11.8. The van der Waals surface area contributed by atoms with Crippen LogP contribution in [0.15, 0.2) is 0 Å². The van der Waals surface area contributed by atoms with Gasteiger partial charge in [0, 0.05) is 0 Å². The predicted molar refractivity (Wildman–Crippen MR) is 27.0 cm³/mol. The van der Waals surface area contributed by atoms with Crippen molar-refractivity contribution in [2.75, 3.05) is 0 Å². The van der Waals surface area contributed by atoms with E-state index in [0.29, 0.717) is 0 Å². The Morgan fingerprint density at radius 1 is 1.00 bits per heavy atom. The zero-order valence-corrected chi connectivity index (χ0v) is 6.67. The number of hydrogen-bond acceptors (Lipinski definition) is 3. The molecule has 0 saturated heterocycles.